The maximum atomic E-state index is 12.2. The standard InChI is InChI=1S/C22H22N4O2/c1-3-28-21(27)17-9-5-6-10-18(17)24-22-23-13-12-20(25-22)26-15(2)14-16-8-4-7-11-19(16)26/h4-13,15H,3,14H2,1-2H3,(H,23,24,25). The summed E-state index contributed by atoms with van der Waals surface area (Å²) in [7, 11) is 0. The zero-order chi connectivity index (χ0) is 19.5. The Labute approximate surface area is 164 Å². The average Bonchev–Trinajstić information content (AvgIpc) is 3.04. The lowest BCUT2D eigenvalue weighted by Crippen LogP contribution is -2.25. The van der Waals surface area contributed by atoms with Gasteiger partial charge in [-0.05, 0) is 50.1 Å². The fourth-order valence-corrected chi connectivity index (χ4v) is 3.56. The number of rotatable bonds is 5. The number of hydrogen-bond donors (Lipinski definition) is 1. The van der Waals surface area contributed by atoms with E-state index in [1.807, 2.05) is 24.3 Å². The summed E-state index contributed by atoms with van der Waals surface area (Å²) < 4.78 is 5.14. The van der Waals surface area contributed by atoms with Gasteiger partial charge in [0.15, 0.2) is 0 Å². The van der Waals surface area contributed by atoms with Gasteiger partial charge in [-0.25, -0.2) is 9.78 Å². The molecule has 1 atom stereocenters. The number of hydrogen-bond acceptors (Lipinski definition) is 6. The zero-order valence-corrected chi connectivity index (χ0v) is 15.9. The third kappa shape index (κ3) is 3.41. The Kier molecular flexibility index (Phi) is 4.93. The van der Waals surface area contributed by atoms with Crippen LogP contribution in [-0.4, -0.2) is 28.6 Å². The summed E-state index contributed by atoms with van der Waals surface area (Å²) in [5, 5.41) is 3.16. The second-order valence-electron chi connectivity index (χ2n) is 6.68. The number of para-hydroxylation sites is 2. The first-order valence-corrected chi connectivity index (χ1v) is 9.40. The number of ether oxygens (including phenoxy) is 1. The van der Waals surface area contributed by atoms with Crippen LogP contribution in [0, 0.1) is 0 Å². The maximum Gasteiger partial charge on any atom is 0.340 e. The second-order valence-corrected chi connectivity index (χ2v) is 6.68. The van der Waals surface area contributed by atoms with Crippen LogP contribution in [0.5, 0.6) is 0 Å². The third-order valence-electron chi connectivity index (χ3n) is 4.76. The van der Waals surface area contributed by atoms with E-state index < -0.39 is 0 Å². The summed E-state index contributed by atoms with van der Waals surface area (Å²) >= 11 is 0. The topological polar surface area (TPSA) is 67.3 Å². The zero-order valence-electron chi connectivity index (χ0n) is 15.9. The molecule has 2 aromatic carbocycles. The molecule has 1 aromatic heterocycles. The predicted molar refractivity (Wildman–Crippen MR) is 109 cm³/mol. The smallest absolute Gasteiger partial charge is 0.340 e. The number of carbonyl (C=O) groups excluding carboxylic acids is 1. The van der Waals surface area contributed by atoms with Gasteiger partial charge < -0.3 is 15.0 Å². The Bertz CT molecular complexity index is 1010. The molecule has 2 heterocycles. The highest BCUT2D eigenvalue weighted by Gasteiger charge is 2.27. The van der Waals surface area contributed by atoms with Crippen LogP contribution in [0.1, 0.15) is 29.8 Å². The summed E-state index contributed by atoms with van der Waals surface area (Å²) in [5.74, 6) is 0.887. The normalized spacial score (nSPS) is 15.2. The van der Waals surface area contributed by atoms with Crippen molar-refractivity contribution in [2.45, 2.75) is 26.3 Å². The van der Waals surface area contributed by atoms with Gasteiger partial charge in [0.25, 0.3) is 0 Å². The highest BCUT2D eigenvalue weighted by atomic mass is 16.5. The van der Waals surface area contributed by atoms with Crippen LogP contribution >= 0.6 is 0 Å². The Morgan fingerprint density at radius 3 is 2.82 bits per heavy atom. The Morgan fingerprint density at radius 1 is 1.18 bits per heavy atom. The molecule has 1 aliphatic heterocycles. The molecular formula is C22H22N4O2. The summed E-state index contributed by atoms with van der Waals surface area (Å²) in [6, 6.07) is 17.8. The highest BCUT2D eigenvalue weighted by molar-refractivity contribution is 5.96. The van der Waals surface area contributed by atoms with Gasteiger partial charge in [0, 0.05) is 17.9 Å². The average molecular weight is 374 g/mol. The van der Waals surface area contributed by atoms with Crippen LogP contribution in [-0.2, 0) is 11.2 Å². The molecular weight excluding hydrogens is 352 g/mol. The molecule has 6 nitrogen and oxygen atoms in total. The molecule has 1 N–H and O–H groups in total. The fourth-order valence-electron chi connectivity index (χ4n) is 3.56. The van der Waals surface area contributed by atoms with Crippen LogP contribution in [0.15, 0.2) is 60.8 Å². The van der Waals surface area contributed by atoms with Crippen LogP contribution in [0.2, 0.25) is 0 Å². The summed E-state index contributed by atoms with van der Waals surface area (Å²) in [5.41, 5.74) is 3.56. The molecule has 3 aromatic rings. The Morgan fingerprint density at radius 2 is 1.96 bits per heavy atom. The van der Waals surface area contributed by atoms with Crippen LogP contribution in [0.4, 0.5) is 23.1 Å². The van der Waals surface area contributed by atoms with Crippen molar-refractivity contribution in [1.29, 1.82) is 0 Å². The van der Waals surface area contributed by atoms with Gasteiger partial charge in [0.05, 0.1) is 17.9 Å². The SMILES string of the molecule is CCOC(=O)c1ccccc1Nc1nccc(N2c3ccccc3CC2C)n1. The summed E-state index contributed by atoms with van der Waals surface area (Å²) in [6.45, 7) is 4.30. The molecule has 28 heavy (non-hydrogen) atoms. The molecule has 0 aliphatic carbocycles. The molecule has 0 radical (unpaired) electrons. The first-order chi connectivity index (χ1) is 13.7. The molecule has 6 heteroatoms. The van der Waals surface area contributed by atoms with E-state index in [1.54, 1.807) is 25.3 Å². The summed E-state index contributed by atoms with van der Waals surface area (Å²) in [6.07, 6.45) is 2.71. The van der Waals surface area contributed by atoms with Crippen LogP contribution < -0.4 is 10.2 Å². The van der Waals surface area contributed by atoms with E-state index in [2.05, 4.69) is 40.3 Å². The fraction of sp³-hybridized carbons (Fsp3) is 0.227. The van der Waals surface area contributed by atoms with Crippen LogP contribution in [0.25, 0.3) is 0 Å². The number of fused-ring (bicyclic) bond motifs is 1. The molecule has 0 saturated heterocycles. The Hall–Kier alpha value is -3.41. The number of nitrogens with zero attached hydrogens (tertiary/aromatic N) is 3. The van der Waals surface area contributed by atoms with Gasteiger partial charge in [0.2, 0.25) is 5.95 Å². The van der Waals surface area contributed by atoms with Gasteiger partial charge in [-0.1, -0.05) is 30.3 Å². The lowest BCUT2D eigenvalue weighted by molar-refractivity contribution is 0.0527. The number of esters is 1. The molecule has 1 unspecified atom stereocenters. The number of aromatic nitrogens is 2. The predicted octanol–water partition coefficient (Wildman–Crippen LogP) is 4.48. The van der Waals surface area contributed by atoms with Gasteiger partial charge in [-0.15, -0.1) is 0 Å². The minimum absolute atomic E-state index is 0.312. The van der Waals surface area contributed by atoms with E-state index in [0.717, 1.165) is 12.2 Å². The lowest BCUT2D eigenvalue weighted by Gasteiger charge is -2.24. The van der Waals surface area contributed by atoms with Gasteiger partial charge in [-0.3, -0.25) is 0 Å². The second kappa shape index (κ2) is 7.68. The monoisotopic (exact) mass is 374 g/mol. The maximum absolute atomic E-state index is 12.2. The first-order valence-electron chi connectivity index (χ1n) is 9.40. The molecule has 0 fully saturated rings. The van der Waals surface area contributed by atoms with Crippen molar-refractivity contribution in [3.05, 3.63) is 71.9 Å². The van der Waals surface area contributed by atoms with Crippen molar-refractivity contribution in [2.24, 2.45) is 0 Å². The molecule has 0 saturated carbocycles. The van der Waals surface area contributed by atoms with Crippen molar-refractivity contribution >= 4 is 29.1 Å². The van der Waals surface area contributed by atoms with Crippen molar-refractivity contribution in [2.75, 3.05) is 16.8 Å². The number of carbonyl (C=O) groups is 1. The van der Waals surface area contributed by atoms with Gasteiger partial charge in [-0.2, -0.15) is 4.98 Å². The number of nitrogens with one attached hydrogen (secondary N) is 1. The molecule has 0 bridgehead atoms. The van der Waals surface area contributed by atoms with Gasteiger partial charge in [0.1, 0.15) is 5.82 Å². The largest absolute Gasteiger partial charge is 0.462 e. The summed E-state index contributed by atoms with van der Waals surface area (Å²) in [4.78, 5) is 23.5. The number of benzene rings is 2. The van der Waals surface area contributed by atoms with Crippen molar-refractivity contribution in [3.63, 3.8) is 0 Å². The van der Waals surface area contributed by atoms with Crippen molar-refractivity contribution < 1.29 is 9.53 Å². The van der Waals surface area contributed by atoms with Crippen molar-refractivity contribution in [1.82, 2.24) is 9.97 Å². The minimum Gasteiger partial charge on any atom is -0.462 e. The first kappa shape index (κ1) is 18.0. The van der Waals surface area contributed by atoms with E-state index in [1.165, 1.54) is 11.3 Å². The quantitative estimate of drug-likeness (QED) is 0.664. The molecule has 0 amide bonds. The van der Waals surface area contributed by atoms with Gasteiger partial charge >= 0.3 is 5.97 Å². The molecule has 1 aliphatic rings. The minimum atomic E-state index is -0.371. The highest BCUT2D eigenvalue weighted by Crippen LogP contribution is 2.37. The van der Waals surface area contributed by atoms with Crippen LogP contribution in [0.3, 0.4) is 0 Å². The van der Waals surface area contributed by atoms with Crippen molar-refractivity contribution in [3.8, 4) is 0 Å². The van der Waals surface area contributed by atoms with E-state index in [0.29, 0.717) is 29.8 Å². The molecule has 142 valence electrons. The number of anilines is 4. The van der Waals surface area contributed by atoms with E-state index in [9.17, 15) is 4.79 Å². The molecule has 0 spiro atoms. The van der Waals surface area contributed by atoms with E-state index >= 15 is 0 Å². The Balaban J connectivity index is 1.64. The third-order valence-corrected chi connectivity index (χ3v) is 4.76. The lowest BCUT2D eigenvalue weighted by atomic mass is 10.1. The van der Waals surface area contributed by atoms with E-state index in [4.69, 9.17) is 9.72 Å². The van der Waals surface area contributed by atoms with E-state index in [-0.39, 0.29) is 5.97 Å². The molecule has 4 rings (SSSR count).